The summed E-state index contributed by atoms with van der Waals surface area (Å²) in [6.45, 7) is 2.47. The molecular weight excluding hydrogens is 585 g/mol. The van der Waals surface area contributed by atoms with Gasteiger partial charge in [0.15, 0.2) is 6.10 Å². The van der Waals surface area contributed by atoms with Crippen LogP contribution in [0.3, 0.4) is 0 Å². The zero-order chi connectivity index (χ0) is 27.0. The van der Waals surface area contributed by atoms with E-state index in [1.165, 1.54) is 0 Å². The number of halogens is 4. The molecule has 0 bridgehead atoms. The first-order valence-corrected chi connectivity index (χ1v) is 13.8. The Hall–Kier alpha value is -2.99. The van der Waals surface area contributed by atoms with Crippen molar-refractivity contribution in [2.75, 3.05) is 13.1 Å². The van der Waals surface area contributed by atoms with Crippen molar-refractivity contribution < 1.29 is 22.8 Å². The van der Waals surface area contributed by atoms with Crippen LogP contribution in [0.25, 0.3) is 0 Å². The van der Waals surface area contributed by atoms with Gasteiger partial charge in [0.05, 0.1) is 20.7 Å². The Labute approximate surface area is 229 Å². The summed E-state index contributed by atoms with van der Waals surface area (Å²) in [5.74, 6) is -0.227. The van der Waals surface area contributed by atoms with E-state index in [1.807, 2.05) is 36.6 Å². The van der Waals surface area contributed by atoms with Crippen LogP contribution in [0.5, 0.6) is 0 Å². The van der Waals surface area contributed by atoms with Crippen molar-refractivity contribution in [1.82, 2.24) is 14.5 Å². The number of thiazole rings is 1. The molecule has 1 unspecified atom stereocenters. The maximum Gasteiger partial charge on any atom is 0.417 e. The molecule has 0 aliphatic carbocycles. The van der Waals surface area contributed by atoms with E-state index in [4.69, 9.17) is 9.82 Å². The topological polar surface area (TPSA) is 76.8 Å². The van der Waals surface area contributed by atoms with E-state index in [9.17, 15) is 22.8 Å². The van der Waals surface area contributed by atoms with Crippen LogP contribution in [0.1, 0.15) is 58.7 Å². The van der Waals surface area contributed by atoms with E-state index in [1.54, 1.807) is 16.2 Å². The number of alkyl halides is 3. The lowest BCUT2D eigenvalue weighted by Gasteiger charge is -2.31. The molecule has 0 radical (unpaired) electrons. The molecule has 1 saturated heterocycles. The SMILES string of the molecule is Cc1ccccc1C1CC(c2csc(C3CCN(C(=O)Cn4cc(C(F)(F)F)cc(Br)c4=O)CC3)n2)=NO1. The molecule has 1 amide bonds. The number of rotatable bonds is 5. The highest BCUT2D eigenvalue weighted by atomic mass is 79.9. The van der Waals surface area contributed by atoms with Crippen LogP contribution in [0.4, 0.5) is 13.2 Å². The Morgan fingerprint density at radius 2 is 1.97 bits per heavy atom. The van der Waals surface area contributed by atoms with Crippen molar-refractivity contribution in [3.63, 3.8) is 0 Å². The van der Waals surface area contributed by atoms with Crippen LogP contribution in [0.2, 0.25) is 0 Å². The van der Waals surface area contributed by atoms with E-state index >= 15 is 0 Å². The summed E-state index contributed by atoms with van der Waals surface area (Å²) in [7, 11) is 0. The number of carbonyl (C=O) groups is 1. The number of pyridine rings is 1. The monoisotopic (exact) mass is 608 g/mol. The number of oxime groups is 1. The molecule has 3 aromatic rings. The van der Waals surface area contributed by atoms with Gasteiger partial charge < -0.3 is 14.3 Å². The molecule has 7 nitrogen and oxygen atoms in total. The Morgan fingerprint density at radius 3 is 2.68 bits per heavy atom. The third kappa shape index (κ3) is 5.56. The van der Waals surface area contributed by atoms with Crippen LogP contribution < -0.4 is 5.56 Å². The van der Waals surface area contributed by atoms with Crippen molar-refractivity contribution in [3.05, 3.63) is 84.1 Å². The van der Waals surface area contributed by atoms with Crippen LogP contribution in [0, 0.1) is 6.92 Å². The first-order chi connectivity index (χ1) is 18.1. The normalized spacial score (nSPS) is 18.4. The Kier molecular flexibility index (Phi) is 7.45. The van der Waals surface area contributed by atoms with Crippen molar-refractivity contribution in [2.24, 2.45) is 5.16 Å². The average Bonchev–Trinajstić information content (AvgIpc) is 3.57. The number of piperidine rings is 1. The third-order valence-electron chi connectivity index (χ3n) is 6.89. The quantitative estimate of drug-likeness (QED) is 0.374. The molecule has 200 valence electrons. The lowest BCUT2D eigenvalue weighted by atomic mass is 9.97. The molecule has 5 rings (SSSR count). The number of hydrogen-bond acceptors (Lipinski definition) is 6. The fourth-order valence-electron chi connectivity index (χ4n) is 4.74. The number of amides is 1. The van der Waals surface area contributed by atoms with Crippen LogP contribution >= 0.6 is 27.3 Å². The van der Waals surface area contributed by atoms with E-state index in [0.29, 0.717) is 38.5 Å². The van der Waals surface area contributed by atoms with Gasteiger partial charge in [0, 0.05) is 37.0 Å². The second-order valence-electron chi connectivity index (χ2n) is 9.43. The first-order valence-electron chi connectivity index (χ1n) is 12.1. The van der Waals surface area contributed by atoms with Crippen LogP contribution in [-0.2, 0) is 22.4 Å². The molecule has 12 heteroatoms. The molecule has 4 heterocycles. The first kappa shape index (κ1) is 26.6. The summed E-state index contributed by atoms with van der Waals surface area (Å²) < 4.78 is 40.0. The highest BCUT2D eigenvalue weighted by Gasteiger charge is 2.33. The lowest BCUT2D eigenvalue weighted by Crippen LogP contribution is -2.41. The summed E-state index contributed by atoms with van der Waals surface area (Å²) >= 11 is 4.43. The van der Waals surface area contributed by atoms with E-state index in [-0.39, 0.29) is 16.5 Å². The van der Waals surface area contributed by atoms with Crippen molar-refractivity contribution in [3.8, 4) is 0 Å². The van der Waals surface area contributed by atoms with Gasteiger partial charge in [-0.1, -0.05) is 29.4 Å². The van der Waals surface area contributed by atoms with Gasteiger partial charge in [0.25, 0.3) is 5.56 Å². The zero-order valence-corrected chi connectivity index (χ0v) is 22.8. The molecule has 2 aliphatic heterocycles. The van der Waals surface area contributed by atoms with E-state index in [0.717, 1.165) is 38.2 Å². The number of likely N-dealkylation sites (tertiary alicyclic amines) is 1. The average molecular weight is 609 g/mol. The van der Waals surface area contributed by atoms with Gasteiger partial charge in [0.1, 0.15) is 12.3 Å². The fraction of sp³-hybridized carbons (Fsp3) is 0.385. The number of nitrogens with zero attached hydrogens (tertiary/aromatic N) is 4. The summed E-state index contributed by atoms with van der Waals surface area (Å²) in [5.41, 5.74) is 2.20. The zero-order valence-electron chi connectivity index (χ0n) is 20.4. The van der Waals surface area contributed by atoms with E-state index < -0.39 is 29.8 Å². The van der Waals surface area contributed by atoms with E-state index in [2.05, 4.69) is 21.1 Å². The Morgan fingerprint density at radius 1 is 1.24 bits per heavy atom. The number of benzene rings is 1. The molecule has 0 saturated carbocycles. The van der Waals surface area contributed by atoms with Gasteiger partial charge in [0.2, 0.25) is 5.91 Å². The van der Waals surface area contributed by atoms with Gasteiger partial charge in [-0.15, -0.1) is 11.3 Å². The Balaban J connectivity index is 1.18. The molecule has 0 N–H and O–H groups in total. The lowest BCUT2D eigenvalue weighted by molar-refractivity contribution is -0.139. The third-order valence-corrected chi connectivity index (χ3v) is 8.47. The van der Waals surface area contributed by atoms with Gasteiger partial charge in [-0.3, -0.25) is 9.59 Å². The summed E-state index contributed by atoms with van der Waals surface area (Å²) in [6.07, 6.45) is -2.07. The summed E-state index contributed by atoms with van der Waals surface area (Å²) in [5, 5.41) is 7.22. The van der Waals surface area contributed by atoms with Crippen molar-refractivity contribution in [2.45, 2.75) is 50.9 Å². The van der Waals surface area contributed by atoms with Gasteiger partial charge in [-0.05, 0) is 52.9 Å². The Bertz CT molecular complexity index is 1440. The van der Waals surface area contributed by atoms with Gasteiger partial charge in [-0.2, -0.15) is 13.2 Å². The minimum Gasteiger partial charge on any atom is -0.387 e. The fourth-order valence-corrected chi connectivity index (χ4v) is 6.22. The molecule has 38 heavy (non-hydrogen) atoms. The number of aromatic nitrogens is 2. The predicted molar refractivity (Wildman–Crippen MR) is 140 cm³/mol. The largest absolute Gasteiger partial charge is 0.417 e. The molecule has 1 atom stereocenters. The molecule has 2 aliphatic rings. The summed E-state index contributed by atoms with van der Waals surface area (Å²) in [4.78, 5) is 37.2. The number of aryl methyl sites for hydroxylation is 1. The summed E-state index contributed by atoms with van der Waals surface area (Å²) in [6, 6.07) is 8.79. The van der Waals surface area contributed by atoms with Crippen LogP contribution in [-0.4, -0.2) is 39.2 Å². The predicted octanol–water partition coefficient (Wildman–Crippen LogP) is 5.67. The highest BCUT2D eigenvalue weighted by molar-refractivity contribution is 9.10. The maximum atomic E-state index is 13.1. The minimum atomic E-state index is -4.62. The maximum absolute atomic E-state index is 13.1. The van der Waals surface area contributed by atoms with Gasteiger partial charge >= 0.3 is 6.18 Å². The second-order valence-corrected chi connectivity index (χ2v) is 11.2. The van der Waals surface area contributed by atoms with Gasteiger partial charge in [-0.25, -0.2) is 4.98 Å². The van der Waals surface area contributed by atoms with Crippen molar-refractivity contribution >= 4 is 38.9 Å². The molecule has 0 spiro atoms. The van der Waals surface area contributed by atoms with Crippen LogP contribution in [0.15, 0.2) is 56.3 Å². The molecule has 2 aromatic heterocycles. The minimum absolute atomic E-state index is 0.129. The molecule has 1 aromatic carbocycles. The standard InChI is InChI=1S/C26H24BrF3N4O3S/c1-15-4-2-3-5-18(15)22-11-20(32-37-22)21-14-38-24(31-21)16-6-8-33(9-7-16)23(35)13-34-12-17(26(28,29)30)10-19(27)25(34)36/h2-5,10,12,14,16,22H,6-9,11,13H2,1H3. The van der Waals surface area contributed by atoms with Crippen molar-refractivity contribution in [1.29, 1.82) is 0 Å². The molecule has 1 fully saturated rings. The number of carbonyl (C=O) groups excluding carboxylic acids is 1. The second kappa shape index (κ2) is 10.6. The smallest absolute Gasteiger partial charge is 0.387 e. The molecular formula is C26H24BrF3N4O3S. The highest BCUT2D eigenvalue weighted by Crippen LogP contribution is 2.35. The number of hydrogen-bond donors (Lipinski definition) is 0.